The van der Waals surface area contributed by atoms with Crippen LogP contribution in [0.25, 0.3) is 0 Å². The first-order valence-corrected chi connectivity index (χ1v) is 9.19. The van der Waals surface area contributed by atoms with Crippen LogP contribution in [0.4, 0.5) is 0 Å². The minimum Gasteiger partial charge on any atom is -0.416 e. The first-order chi connectivity index (χ1) is 7.33. The first kappa shape index (κ1) is 14.2. The van der Waals surface area contributed by atoms with E-state index in [4.69, 9.17) is 9.16 Å². The van der Waals surface area contributed by atoms with E-state index in [9.17, 15) is 0 Å². The van der Waals surface area contributed by atoms with Crippen LogP contribution in [0.15, 0.2) is 0 Å². The lowest BCUT2D eigenvalue weighted by Gasteiger charge is -2.36. The minimum atomic E-state index is -1.55. The highest BCUT2D eigenvalue weighted by molar-refractivity contribution is 6.74. The van der Waals surface area contributed by atoms with Crippen LogP contribution >= 0.6 is 0 Å². The molecule has 3 nitrogen and oxygen atoms in total. The second-order valence-corrected chi connectivity index (χ2v) is 10.9. The summed E-state index contributed by atoms with van der Waals surface area (Å²) in [5.41, 5.74) is 0. The standard InChI is InChI=1S/C12H27NO2Si/c1-12(2,3)16(4,5)15-9-7-13-11-6-8-14-10-11/h11,13H,6-10H2,1-5H3. The second-order valence-electron chi connectivity index (χ2n) is 6.12. The Labute approximate surface area is 101 Å². The van der Waals surface area contributed by atoms with Crippen LogP contribution in [0, 0.1) is 0 Å². The monoisotopic (exact) mass is 245 g/mol. The van der Waals surface area contributed by atoms with Crippen molar-refractivity contribution in [2.45, 2.75) is 51.4 Å². The maximum atomic E-state index is 6.09. The normalized spacial score (nSPS) is 22.7. The van der Waals surface area contributed by atoms with Gasteiger partial charge in [0.25, 0.3) is 0 Å². The Hall–Kier alpha value is 0.0969. The number of ether oxygens (including phenoxy) is 1. The van der Waals surface area contributed by atoms with Gasteiger partial charge in [-0.1, -0.05) is 20.8 Å². The van der Waals surface area contributed by atoms with Crippen molar-refractivity contribution < 1.29 is 9.16 Å². The van der Waals surface area contributed by atoms with Crippen LogP contribution < -0.4 is 5.32 Å². The molecule has 1 saturated heterocycles. The molecule has 16 heavy (non-hydrogen) atoms. The smallest absolute Gasteiger partial charge is 0.192 e. The number of nitrogens with one attached hydrogen (secondary N) is 1. The third-order valence-corrected chi connectivity index (χ3v) is 8.27. The van der Waals surface area contributed by atoms with Crippen LogP contribution in [0.5, 0.6) is 0 Å². The molecular weight excluding hydrogens is 218 g/mol. The topological polar surface area (TPSA) is 30.5 Å². The Balaban J connectivity index is 2.14. The van der Waals surface area contributed by atoms with Gasteiger partial charge in [0.05, 0.1) is 6.61 Å². The average Bonchev–Trinajstić information content (AvgIpc) is 2.63. The van der Waals surface area contributed by atoms with Crippen molar-refractivity contribution in [3.05, 3.63) is 0 Å². The molecule has 1 unspecified atom stereocenters. The van der Waals surface area contributed by atoms with Crippen molar-refractivity contribution in [1.29, 1.82) is 0 Å². The molecule has 1 aliphatic rings. The zero-order chi connectivity index (χ0) is 12.2. The van der Waals surface area contributed by atoms with Crippen molar-refractivity contribution in [3.63, 3.8) is 0 Å². The van der Waals surface area contributed by atoms with Crippen molar-refractivity contribution in [2.24, 2.45) is 0 Å². The van der Waals surface area contributed by atoms with E-state index in [0.29, 0.717) is 11.1 Å². The van der Waals surface area contributed by atoms with Crippen LogP contribution in [-0.4, -0.2) is 40.7 Å². The van der Waals surface area contributed by atoms with Gasteiger partial charge >= 0.3 is 0 Å². The van der Waals surface area contributed by atoms with E-state index in [1.54, 1.807) is 0 Å². The molecule has 1 heterocycles. The van der Waals surface area contributed by atoms with Gasteiger partial charge in [0, 0.05) is 25.8 Å². The van der Waals surface area contributed by atoms with Crippen molar-refractivity contribution >= 4 is 8.32 Å². The molecule has 1 aliphatic heterocycles. The zero-order valence-corrected chi connectivity index (χ0v) is 12.4. The van der Waals surface area contributed by atoms with Gasteiger partial charge in [0.2, 0.25) is 0 Å². The van der Waals surface area contributed by atoms with E-state index in [0.717, 1.165) is 32.8 Å². The highest BCUT2D eigenvalue weighted by Crippen LogP contribution is 2.36. The number of hydrogen-bond donors (Lipinski definition) is 1. The zero-order valence-electron chi connectivity index (χ0n) is 11.4. The predicted molar refractivity (Wildman–Crippen MR) is 70.4 cm³/mol. The molecule has 1 atom stereocenters. The molecule has 1 N–H and O–H groups in total. The van der Waals surface area contributed by atoms with Gasteiger partial charge in [-0.3, -0.25) is 0 Å². The summed E-state index contributed by atoms with van der Waals surface area (Å²) in [6.07, 6.45) is 1.14. The lowest BCUT2D eigenvalue weighted by Crippen LogP contribution is -2.43. The summed E-state index contributed by atoms with van der Waals surface area (Å²) in [6, 6.07) is 0.544. The fourth-order valence-electron chi connectivity index (χ4n) is 1.48. The Morgan fingerprint density at radius 3 is 2.56 bits per heavy atom. The van der Waals surface area contributed by atoms with Crippen LogP contribution in [0.1, 0.15) is 27.2 Å². The molecule has 0 spiro atoms. The maximum absolute atomic E-state index is 6.09. The van der Waals surface area contributed by atoms with Gasteiger partial charge in [0.1, 0.15) is 0 Å². The summed E-state index contributed by atoms with van der Waals surface area (Å²) in [6.45, 7) is 15.0. The second kappa shape index (κ2) is 5.62. The lowest BCUT2D eigenvalue weighted by molar-refractivity contribution is 0.188. The summed E-state index contributed by atoms with van der Waals surface area (Å²) in [4.78, 5) is 0. The van der Waals surface area contributed by atoms with E-state index in [-0.39, 0.29) is 0 Å². The fourth-order valence-corrected chi connectivity index (χ4v) is 2.53. The van der Waals surface area contributed by atoms with Crippen LogP contribution in [0.2, 0.25) is 18.1 Å². The molecule has 0 aliphatic carbocycles. The molecule has 0 aromatic carbocycles. The van der Waals surface area contributed by atoms with Crippen molar-refractivity contribution in [1.82, 2.24) is 5.32 Å². The minimum absolute atomic E-state index is 0.309. The largest absolute Gasteiger partial charge is 0.416 e. The molecule has 1 fully saturated rings. The number of hydrogen-bond acceptors (Lipinski definition) is 3. The lowest BCUT2D eigenvalue weighted by atomic mass is 10.2. The van der Waals surface area contributed by atoms with Crippen LogP contribution in [-0.2, 0) is 9.16 Å². The highest BCUT2D eigenvalue weighted by Gasteiger charge is 2.36. The third kappa shape index (κ3) is 4.16. The molecule has 0 amide bonds. The molecular formula is C12H27NO2Si. The van der Waals surface area contributed by atoms with E-state index in [1.807, 2.05) is 0 Å². The summed E-state index contributed by atoms with van der Waals surface area (Å²) in [5, 5.41) is 3.79. The van der Waals surface area contributed by atoms with Gasteiger partial charge < -0.3 is 14.5 Å². The first-order valence-electron chi connectivity index (χ1n) is 6.28. The molecule has 4 heteroatoms. The molecule has 0 aromatic heterocycles. The Morgan fingerprint density at radius 1 is 1.38 bits per heavy atom. The summed E-state index contributed by atoms with van der Waals surface area (Å²) in [7, 11) is -1.55. The Morgan fingerprint density at radius 2 is 2.06 bits per heavy atom. The Bertz CT molecular complexity index is 208. The van der Waals surface area contributed by atoms with E-state index >= 15 is 0 Å². The quantitative estimate of drug-likeness (QED) is 0.596. The molecule has 0 saturated carbocycles. The average molecular weight is 245 g/mol. The SMILES string of the molecule is CC(C)(C)[Si](C)(C)OCCNC1CCOC1. The van der Waals surface area contributed by atoms with Gasteiger partial charge in [-0.05, 0) is 24.6 Å². The van der Waals surface area contributed by atoms with Crippen molar-refractivity contribution in [2.75, 3.05) is 26.4 Å². The Kier molecular flexibility index (Phi) is 4.98. The predicted octanol–water partition coefficient (Wildman–Crippen LogP) is 2.39. The van der Waals surface area contributed by atoms with Crippen LogP contribution in [0.3, 0.4) is 0 Å². The van der Waals surface area contributed by atoms with Gasteiger partial charge in [-0.25, -0.2) is 0 Å². The summed E-state index contributed by atoms with van der Waals surface area (Å²) < 4.78 is 11.4. The highest BCUT2D eigenvalue weighted by atomic mass is 28.4. The molecule has 0 bridgehead atoms. The molecule has 0 aromatic rings. The van der Waals surface area contributed by atoms with E-state index in [1.165, 1.54) is 0 Å². The summed E-state index contributed by atoms with van der Waals surface area (Å²) in [5.74, 6) is 0. The van der Waals surface area contributed by atoms with E-state index in [2.05, 4.69) is 39.2 Å². The number of rotatable bonds is 5. The van der Waals surface area contributed by atoms with E-state index < -0.39 is 8.32 Å². The summed E-state index contributed by atoms with van der Waals surface area (Å²) >= 11 is 0. The van der Waals surface area contributed by atoms with Gasteiger partial charge in [-0.15, -0.1) is 0 Å². The molecule has 0 radical (unpaired) electrons. The third-order valence-electron chi connectivity index (χ3n) is 3.73. The molecule has 96 valence electrons. The van der Waals surface area contributed by atoms with Gasteiger partial charge in [-0.2, -0.15) is 0 Å². The molecule has 1 rings (SSSR count). The maximum Gasteiger partial charge on any atom is 0.192 e. The van der Waals surface area contributed by atoms with Gasteiger partial charge in [0.15, 0.2) is 8.32 Å². The fraction of sp³-hybridized carbons (Fsp3) is 1.00. The van der Waals surface area contributed by atoms with Crippen molar-refractivity contribution in [3.8, 4) is 0 Å².